The van der Waals surface area contributed by atoms with E-state index in [1.165, 1.54) is 25.7 Å². The molecule has 1 aliphatic carbocycles. The highest BCUT2D eigenvalue weighted by molar-refractivity contribution is 6.74. The van der Waals surface area contributed by atoms with Gasteiger partial charge in [-0.15, -0.1) is 0 Å². The van der Waals surface area contributed by atoms with E-state index in [4.69, 9.17) is 4.43 Å². The molecule has 0 amide bonds. The molecule has 0 aromatic carbocycles. The Hall–Kier alpha value is 0.0969. The summed E-state index contributed by atoms with van der Waals surface area (Å²) < 4.78 is 6.51. The molecule has 1 aliphatic heterocycles. The Balaban J connectivity index is 1.73. The van der Waals surface area contributed by atoms with Crippen LogP contribution in [0.15, 0.2) is 0 Å². The van der Waals surface area contributed by atoms with Crippen LogP contribution in [0.2, 0.25) is 18.1 Å². The van der Waals surface area contributed by atoms with Crippen LogP contribution >= 0.6 is 0 Å². The van der Waals surface area contributed by atoms with Crippen LogP contribution in [0.3, 0.4) is 0 Å². The zero-order chi connectivity index (χ0) is 16.4. The Morgan fingerprint density at radius 3 is 2.27 bits per heavy atom. The lowest BCUT2D eigenvalue weighted by atomic mass is 9.91. The summed E-state index contributed by atoms with van der Waals surface area (Å²) in [4.78, 5) is 0. The predicted octanol–water partition coefficient (Wildman–Crippen LogP) is 4.07. The lowest BCUT2D eigenvalue weighted by Crippen LogP contribution is -2.51. The molecule has 0 radical (unpaired) electrons. The van der Waals surface area contributed by atoms with Crippen molar-refractivity contribution in [2.24, 2.45) is 5.92 Å². The number of aliphatic hydroxyl groups is 1. The monoisotopic (exact) mass is 327 g/mol. The second kappa shape index (κ2) is 7.33. The molecular formula is C18H37NO2Si. The van der Waals surface area contributed by atoms with E-state index >= 15 is 0 Å². The summed E-state index contributed by atoms with van der Waals surface area (Å²) in [6.07, 6.45) is 8.54. The second-order valence-corrected chi connectivity index (χ2v) is 13.8. The number of hydrogen-bond acceptors (Lipinski definition) is 3. The van der Waals surface area contributed by atoms with Crippen LogP contribution in [-0.4, -0.2) is 38.2 Å². The van der Waals surface area contributed by atoms with Gasteiger partial charge in [0.25, 0.3) is 0 Å². The Labute approximate surface area is 138 Å². The summed E-state index contributed by atoms with van der Waals surface area (Å²) in [5.41, 5.74) is 0. The quantitative estimate of drug-likeness (QED) is 0.748. The van der Waals surface area contributed by atoms with Crippen molar-refractivity contribution in [3.63, 3.8) is 0 Å². The first-order valence-corrected chi connectivity index (χ1v) is 12.2. The molecule has 1 heterocycles. The van der Waals surface area contributed by atoms with Crippen molar-refractivity contribution < 1.29 is 9.53 Å². The topological polar surface area (TPSA) is 41.5 Å². The number of piperidine rings is 1. The molecule has 2 aliphatic rings. The van der Waals surface area contributed by atoms with Gasteiger partial charge in [-0.2, -0.15) is 0 Å². The van der Waals surface area contributed by atoms with E-state index < -0.39 is 8.32 Å². The SMILES string of the molecule is CC(C)(C)[Si](C)(C)OC1CCC(CC(O)C2CCCC2)NC1. The van der Waals surface area contributed by atoms with Gasteiger partial charge in [0.05, 0.1) is 12.2 Å². The molecule has 3 unspecified atom stereocenters. The summed E-state index contributed by atoms with van der Waals surface area (Å²) in [6, 6.07) is 0.481. The average molecular weight is 328 g/mol. The highest BCUT2D eigenvalue weighted by Crippen LogP contribution is 2.38. The normalized spacial score (nSPS) is 29.7. The van der Waals surface area contributed by atoms with Crippen molar-refractivity contribution in [1.29, 1.82) is 0 Å². The number of aliphatic hydroxyl groups excluding tert-OH is 1. The van der Waals surface area contributed by atoms with Gasteiger partial charge in [-0.1, -0.05) is 33.6 Å². The second-order valence-electron chi connectivity index (χ2n) is 9.03. The lowest BCUT2D eigenvalue weighted by Gasteiger charge is -2.41. The molecule has 2 fully saturated rings. The highest BCUT2D eigenvalue weighted by atomic mass is 28.4. The summed E-state index contributed by atoms with van der Waals surface area (Å²) in [5, 5.41) is 14.3. The third-order valence-electron chi connectivity index (χ3n) is 6.21. The summed E-state index contributed by atoms with van der Waals surface area (Å²) in [7, 11) is -1.66. The molecule has 22 heavy (non-hydrogen) atoms. The molecule has 2 N–H and O–H groups in total. The fourth-order valence-electron chi connectivity index (χ4n) is 3.61. The molecule has 1 saturated carbocycles. The van der Waals surface area contributed by atoms with E-state index in [1.54, 1.807) is 0 Å². The third-order valence-corrected chi connectivity index (χ3v) is 10.7. The molecule has 1 saturated heterocycles. The maximum atomic E-state index is 10.4. The van der Waals surface area contributed by atoms with E-state index in [1.807, 2.05) is 0 Å². The molecule has 0 aromatic heterocycles. The summed E-state index contributed by atoms with van der Waals surface area (Å²) >= 11 is 0. The van der Waals surface area contributed by atoms with Crippen LogP contribution in [0, 0.1) is 5.92 Å². The van der Waals surface area contributed by atoms with Gasteiger partial charge < -0.3 is 14.8 Å². The molecule has 2 rings (SSSR count). The zero-order valence-electron chi connectivity index (χ0n) is 15.3. The van der Waals surface area contributed by atoms with Crippen molar-refractivity contribution in [2.45, 2.75) is 102 Å². The number of hydrogen-bond donors (Lipinski definition) is 2. The maximum absolute atomic E-state index is 10.4. The van der Waals surface area contributed by atoms with Gasteiger partial charge in [-0.25, -0.2) is 0 Å². The van der Waals surface area contributed by atoms with Gasteiger partial charge in [0, 0.05) is 12.6 Å². The van der Waals surface area contributed by atoms with Gasteiger partial charge in [0.2, 0.25) is 0 Å². The van der Waals surface area contributed by atoms with Crippen LogP contribution in [0.5, 0.6) is 0 Å². The van der Waals surface area contributed by atoms with Crippen LogP contribution in [0.4, 0.5) is 0 Å². The minimum atomic E-state index is -1.66. The van der Waals surface area contributed by atoms with E-state index in [-0.39, 0.29) is 11.1 Å². The van der Waals surface area contributed by atoms with Crippen LogP contribution in [-0.2, 0) is 4.43 Å². The summed E-state index contributed by atoms with van der Waals surface area (Å²) in [6.45, 7) is 12.5. The zero-order valence-corrected chi connectivity index (χ0v) is 16.3. The smallest absolute Gasteiger partial charge is 0.192 e. The molecule has 130 valence electrons. The fraction of sp³-hybridized carbons (Fsp3) is 1.00. The first kappa shape index (κ1) is 18.4. The van der Waals surface area contributed by atoms with Gasteiger partial charge in [0.15, 0.2) is 8.32 Å². The number of nitrogens with one attached hydrogen (secondary N) is 1. The fourth-order valence-corrected chi connectivity index (χ4v) is 5.00. The van der Waals surface area contributed by atoms with E-state index in [9.17, 15) is 5.11 Å². The lowest BCUT2D eigenvalue weighted by molar-refractivity contribution is 0.0715. The van der Waals surface area contributed by atoms with Crippen molar-refractivity contribution in [1.82, 2.24) is 5.32 Å². The molecule has 0 bridgehead atoms. The van der Waals surface area contributed by atoms with E-state index in [0.717, 1.165) is 25.8 Å². The minimum Gasteiger partial charge on any atom is -0.413 e. The molecule has 3 nitrogen and oxygen atoms in total. The van der Waals surface area contributed by atoms with Crippen molar-refractivity contribution in [2.75, 3.05) is 6.54 Å². The van der Waals surface area contributed by atoms with E-state index in [0.29, 0.717) is 18.1 Å². The van der Waals surface area contributed by atoms with Gasteiger partial charge in [-0.3, -0.25) is 0 Å². The largest absolute Gasteiger partial charge is 0.413 e. The Bertz CT molecular complexity index is 339. The Morgan fingerprint density at radius 2 is 1.77 bits per heavy atom. The average Bonchev–Trinajstić information content (AvgIpc) is 2.93. The summed E-state index contributed by atoms with van der Waals surface area (Å²) in [5.74, 6) is 0.558. The van der Waals surface area contributed by atoms with Crippen LogP contribution < -0.4 is 5.32 Å². The Kier molecular flexibility index (Phi) is 6.14. The first-order chi connectivity index (χ1) is 10.2. The van der Waals surface area contributed by atoms with Crippen LogP contribution in [0.1, 0.15) is 65.7 Å². The molecule has 0 spiro atoms. The van der Waals surface area contributed by atoms with E-state index in [2.05, 4.69) is 39.2 Å². The minimum absolute atomic E-state index is 0.0992. The highest BCUT2D eigenvalue weighted by Gasteiger charge is 2.40. The Morgan fingerprint density at radius 1 is 1.14 bits per heavy atom. The van der Waals surface area contributed by atoms with Gasteiger partial charge >= 0.3 is 0 Å². The predicted molar refractivity (Wildman–Crippen MR) is 95.7 cm³/mol. The van der Waals surface area contributed by atoms with Gasteiger partial charge in [0.1, 0.15) is 0 Å². The molecular weight excluding hydrogens is 290 g/mol. The van der Waals surface area contributed by atoms with Gasteiger partial charge in [-0.05, 0) is 56.2 Å². The molecule has 4 heteroatoms. The molecule has 3 atom stereocenters. The molecule has 0 aromatic rings. The standard InChI is InChI=1S/C18H37NO2Si/c1-18(2,3)22(4,5)21-16-11-10-15(19-13-16)12-17(20)14-8-6-7-9-14/h14-17,19-20H,6-13H2,1-5H3. The number of rotatable bonds is 5. The van der Waals surface area contributed by atoms with Crippen molar-refractivity contribution in [3.05, 3.63) is 0 Å². The van der Waals surface area contributed by atoms with Crippen LogP contribution in [0.25, 0.3) is 0 Å². The van der Waals surface area contributed by atoms with Crippen molar-refractivity contribution >= 4 is 8.32 Å². The maximum Gasteiger partial charge on any atom is 0.192 e. The van der Waals surface area contributed by atoms with Crippen molar-refractivity contribution in [3.8, 4) is 0 Å². The third kappa shape index (κ3) is 4.79. The first-order valence-electron chi connectivity index (χ1n) is 9.28.